The van der Waals surface area contributed by atoms with Gasteiger partial charge in [-0.15, -0.1) is 0 Å². The summed E-state index contributed by atoms with van der Waals surface area (Å²) in [5.74, 6) is 0.918. The Balaban J connectivity index is 1.54. The van der Waals surface area contributed by atoms with Crippen LogP contribution in [-0.4, -0.2) is 37.5 Å². The minimum Gasteiger partial charge on any atom is -0.437 e. The lowest BCUT2D eigenvalue weighted by Crippen LogP contribution is -2.16. The van der Waals surface area contributed by atoms with E-state index in [2.05, 4.69) is 25.3 Å². The standard InChI is InChI=1S/C25H20F3N7O2S/c1-14(36)32-24-33-23-19(5-4-6-20(23)38-24)37-21-10-17(30-12-31-21)16-8-7-15(25(26,27)28)9-18(16)35(3)22-11-29-13-34(22)2/h4-13H,1-3H3,(H,32,33,36). The third-order valence-corrected chi connectivity index (χ3v) is 6.55. The second kappa shape index (κ2) is 9.74. The average molecular weight is 540 g/mol. The number of amides is 1. The maximum atomic E-state index is 13.6. The number of alkyl halides is 3. The van der Waals surface area contributed by atoms with E-state index < -0.39 is 11.7 Å². The summed E-state index contributed by atoms with van der Waals surface area (Å²) in [6.07, 6.45) is -0.128. The molecule has 0 fully saturated rings. The Morgan fingerprint density at radius 2 is 1.97 bits per heavy atom. The highest BCUT2D eigenvalue weighted by Gasteiger charge is 2.32. The molecule has 0 unspecified atom stereocenters. The van der Waals surface area contributed by atoms with Crippen molar-refractivity contribution in [2.75, 3.05) is 17.3 Å². The highest BCUT2D eigenvalue weighted by atomic mass is 32.1. The molecule has 38 heavy (non-hydrogen) atoms. The molecular formula is C25H20F3N7O2S. The second-order valence-electron chi connectivity index (χ2n) is 8.30. The summed E-state index contributed by atoms with van der Waals surface area (Å²) in [6.45, 7) is 1.40. The van der Waals surface area contributed by atoms with E-state index in [-0.39, 0.29) is 17.5 Å². The minimum atomic E-state index is -4.52. The van der Waals surface area contributed by atoms with Crippen LogP contribution in [-0.2, 0) is 18.0 Å². The number of anilines is 3. The zero-order valence-electron chi connectivity index (χ0n) is 20.3. The normalized spacial score (nSPS) is 11.5. The van der Waals surface area contributed by atoms with Gasteiger partial charge in [-0.3, -0.25) is 4.79 Å². The zero-order chi connectivity index (χ0) is 27.0. The highest BCUT2D eigenvalue weighted by molar-refractivity contribution is 7.22. The van der Waals surface area contributed by atoms with Gasteiger partial charge in [0, 0.05) is 32.6 Å². The number of aromatic nitrogens is 5. The van der Waals surface area contributed by atoms with Gasteiger partial charge in [0.25, 0.3) is 0 Å². The molecule has 1 amide bonds. The summed E-state index contributed by atoms with van der Waals surface area (Å²) in [5, 5.41) is 3.09. The van der Waals surface area contributed by atoms with E-state index in [1.165, 1.54) is 30.7 Å². The molecule has 194 valence electrons. The maximum absolute atomic E-state index is 13.6. The Kier molecular flexibility index (Phi) is 6.45. The molecule has 0 atom stereocenters. The Morgan fingerprint density at radius 1 is 1.16 bits per heavy atom. The number of carbonyl (C=O) groups is 1. The number of thiazole rings is 1. The minimum absolute atomic E-state index is 0.172. The summed E-state index contributed by atoms with van der Waals surface area (Å²) >= 11 is 1.30. The molecule has 0 aliphatic heterocycles. The van der Waals surface area contributed by atoms with Crippen LogP contribution in [0.25, 0.3) is 21.5 Å². The monoisotopic (exact) mass is 539 g/mol. The van der Waals surface area contributed by atoms with Crippen LogP contribution in [0.1, 0.15) is 12.5 Å². The summed E-state index contributed by atoms with van der Waals surface area (Å²) < 4.78 is 49.3. The van der Waals surface area contributed by atoms with Crippen molar-refractivity contribution < 1.29 is 22.7 Å². The Labute approximate surface area is 218 Å². The Morgan fingerprint density at radius 3 is 2.68 bits per heavy atom. The predicted octanol–water partition coefficient (Wildman–Crippen LogP) is 6.02. The van der Waals surface area contributed by atoms with Crippen LogP contribution in [0.4, 0.5) is 29.8 Å². The van der Waals surface area contributed by atoms with Gasteiger partial charge in [-0.05, 0) is 24.3 Å². The molecule has 0 aliphatic rings. The molecule has 5 aromatic rings. The van der Waals surface area contributed by atoms with Crippen molar-refractivity contribution in [2.45, 2.75) is 13.1 Å². The second-order valence-corrected chi connectivity index (χ2v) is 9.33. The zero-order valence-corrected chi connectivity index (χ0v) is 21.1. The van der Waals surface area contributed by atoms with Gasteiger partial charge in [-0.2, -0.15) is 13.2 Å². The fourth-order valence-electron chi connectivity index (χ4n) is 3.86. The van der Waals surface area contributed by atoms with Crippen LogP contribution < -0.4 is 15.0 Å². The molecule has 3 heterocycles. The largest absolute Gasteiger partial charge is 0.437 e. The third kappa shape index (κ3) is 5.00. The number of hydrogen-bond donors (Lipinski definition) is 1. The van der Waals surface area contributed by atoms with Gasteiger partial charge >= 0.3 is 6.18 Å². The van der Waals surface area contributed by atoms with Crippen LogP contribution in [0.2, 0.25) is 0 Å². The highest BCUT2D eigenvalue weighted by Crippen LogP contribution is 2.40. The van der Waals surface area contributed by atoms with E-state index in [0.717, 1.165) is 16.8 Å². The third-order valence-electron chi connectivity index (χ3n) is 5.62. The van der Waals surface area contributed by atoms with E-state index in [1.807, 2.05) is 6.07 Å². The van der Waals surface area contributed by atoms with Crippen LogP contribution in [0, 0.1) is 0 Å². The molecule has 0 aliphatic carbocycles. The van der Waals surface area contributed by atoms with E-state index in [1.54, 1.807) is 54.3 Å². The average Bonchev–Trinajstić information content (AvgIpc) is 3.48. The van der Waals surface area contributed by atoms with E-state index in [9.17, 15) is 18.0 Å². The molecule has 0 saturated carbocycles. The van der Waals surface area contributed by atoms with E-state index in [4.69, 9.17) is 4.74 Å². The van der Waals surface area contributed by atoms with Gasteiger partial charge in [0.2, 0.25) is 11.8 Å². The summed E-state index contributed by atoms with van der Waals surface area (Å²) in [7, 11) is 3.41. The lowest BCUT2D eigenvalue weighted by molar-refractivity contribution is -0.137. The molecule has 2 aromatic carbocycles. The number of aryl methyl sites for hydroxylation is 1. The quantitative estimate of drug-likeness (QED) is 0.282. The number of ether oxygens (including phenoxy) is 1. The first-order valence-electron chi connectivity index (χ1n) is 11.2. The number of fused-ring (bicyclic) bond motifs is 1. The number of nitrogens with one attached hydrogen (secondary N) is 1. The van der Waals surface area contributed by atoms with Gasteiger partial charge in [-0.1, -0.05) is 23.5 Å². The molecule has 0 radical (unpaired) electrons. The molecule has 1 N–H and O–H groups in total. The number of imidazole rings is 1. The number of hydrogen-bond acceptors (Lipinski definition) is 8. The number of benzene rings is 2. The van der Waals surface area contributed by atoms with Crippen molar-refractivity contribution in [1.82, 2.24) is 24.5 Å². The van der Waals surface area contributed by atoms with Gasteiger partial charge < -0.3 is 19.5 Å². The van der Waals surface area contributed by atoms with Crippen LogP contribution in [0.3, 0.4) is 0 Å². The first kappa shape index (κ1) is 25.1. The number of carbonyl (C=O) groups excluding carboxylic acids is 1. The van der Waals surface area contributed by atoms with E-state index in [0.29, 0.717) is 33.5 Å². The number of para-hydroxylation sites is 1. The molecule has 0 saturated heterocycles. The molecule has 0 spiro atoms. The van der Waals surface area contributed by atoms with Crippen LogP contribution in [0.5, 0.6) is 11.6 Å². The summed E-state index contributed by atoms with van der Waals surface area (Å²) in [6, 6.07) is 10.3. The molecule has 9 nitrogen and oxygen atoms in total. The molecule has 13 heteroatoms. The van der Waals surface area contributed by atoms with Gasteiger partial charge in [-0.25, -0.2) is 19.9 Å². The van der Waals surface area contributed by atoms with Crippen LogP contribution >= 0.6 is 11.3 Å². The predicted molar refractivity (Wildman–Crippen MR) is 138 cm³/mol. The topological polar surface area (TPSA) is 98.1 Å². The molecule has 3 aromatic heterocycles. The van der Waals surface area contributed by atoms with Gasteiger partial charge in [0.1, 0.15) is 17.7 Å². The SMILES string of the molecule is CC(=O)Nc1nc2c(Oc3cc(-c4ccc(C(F)(F)F)cc4N(C)c4cncn4C)ncn3)cccc2s1. The summed E-state index contributed by atoms with van der Waals surface area (Å²) in [5.41, 5.74) is 0.814. The van der Waals surface area contributed by atoms with Crippen molar-refractivity contribution in [3.05, 3.63) is 66.9 Å². The van der Waals surface area contributed by atoms with Crippen LogP contribution in [0.15, 0.2) is 61.3 Å². The number of nitrogens with zero attached hydrogens (tertiary/aromatic N) is 6. The molecule has 0 bridgehead atoms. The first-order chi connectivity index (χ1) is 18.1. The first-order valence-corrected chi connectivity index (χ1v) is 12.0. The van der Waals surface area contributed by atoms with Crippen molar-refractivity contribution in [3.8, 4) is 22.9 Å². The Hall–Kier alpha value is -4.52. The fourth-order valence-corrected chi connectivity index (χ4v) is 4.79. The fraction of sp³-hybridized carbons (Fsp3) is 0.160. The molecular weight excluding hydrogens is 519 g/mol. The van der Waals surface area contributed by atoms with Crippen molar-refractivity contribution in [1.29, 1.82) is 0 Å². The lowest BCUT2D eigenvalue weighted by atomic mass is 10.0. The molecule has 5 rings (SSSR count). The van der Waals surface area contributed by atoms with Gasteiger partial charge in [0.15, 0.2) is 10.9 Å². The van der Waals surface area contributed by atoms with Crippen molar-refractivity contribution >= 4 is 44.1 Å². The number of rotatable bonds is 6. The summed E-state index contributed by atoms with van der Waals surface area (Å²) in [4.78, 5) is 30.0. The van der Waals surface area contributed by atoms with Crippen molar-refractivity contribution in [2.24, 2.45) is 7.05 Å². The maximum Gasteiger partial charge on any atom is 0.416 e. The lowest BCUT2D eigenvalue weighted by Gasteiger charge is -2.23. The Bertz CT molecular complexity index is 1650. The van der Waals surface area contributed by atoms with Gasteiger partial charge in [0.05, 0.1) is 34.2 Å². The smallest absolute Gasteiger partial charge is 0.416 e. The van der Waals surface area contributed by atoms with Crippen molar-refractivity contribution in [3.63, 3.8) is 0 Å². The number of halogens is 3. The van der Waals surface area contributed by atoms with E-state index >= 15 is 0 Å².